The first-order valence-corrected chi connectivity index (χ1v) is 12.3. The Morgan fingerprint density at radius 3 is 2.26 bits per heavy atom. The smallest absolute Gasteiger partial charge is 0.151 e. The van der Waals surface area contributed by atoms with E-state index >= 15 is 0 Å². The van der Waals surface area contributed by atoms with Crippen LogP contribution in [-0.4, -0.2) is 6.54 Å². The maximum Gasteiger partial charge on any atom is 0.151 e. The molecule has 35 heavy (non-hydrogen) atoms. The van der Waals surface area contributed by atoms with Gasteiger partial charge >= 0.3 is 0 Å². The minimum atomic E-state index is 0.708. The Morgan fingerprint density at radius 1 is 0.914 bits per heavy atom. The van der Waals surface area contributed by atoms with Crippen LogP contribution in [0.25, 0.3) is 5.70 Å². The van der Waals surface area contributed by atoms with Crippen molar-refractivity contribution in [2.45, 2.75) is 47.1 Å². The molecular weight excluding hydrogens is 430 g/mol. The maximum atomic E-state index is 8.64. The highest BCUT2D eigenvalue weighted by Crippen LogP contribution is 2.43. The second-order valence-electron chi connectivity index (χ2n) is 8.27. The molecule has 0 atom stereocenters. The predicted octanol–water partition coefficient (Wildman–Crippen LogP) is 8.03. The molecule has 0 aliphatic carbocycles. The third kappa shape index (κ3) is 6.77. The van der Waals surface area contributed by atoms with Crippen LogP contribution in [0, 0.1) is 11.3 Å². The van der Waals surface area contributed by atoms with Crippen molar-refractivity contribution in [2.24, 2.45) is 0 Å². The first-order chi connectivity index (χ1) is 17.1. The molecule has 0 saturated carbocycles. The fourth-order valence-corrected chi connectivity index (χ4v) is 4.00. The standard InChI is InChI=1S/C18H19NO.C13H16N2/c1-3-9-15-14-10-5-7-12-17(14)20-18-13-8-6-11-16(18)19(15)4-2;1-3-4-11(2)15-10-13-7-5-12(9-14)6-8-13/h5-13H,3-4H2,1-2H3;4-8,15H,3,10H2,1-2H3/b15-9-;11-4+. The van der Waals surface area contributed by atoms with E-state index in [9.17, 15) is 0 Å². The fraction of sp³-hybridized carbons (Fsp3) is 0.258. The van der Waals surface area contributed by atoms with E-state index in [0.29, 0.717) is 5.56 Å². The van der Waals surface area contributed by atoms with Gasteiger partial charge in [0.15, 0.2) is 5.75 Å². The van der Waals surface area contributed by atoms with Gasteiger partial charge in [0, 0.05) is 30.0 Å². The minimum Gasteiger partial charge on any atom is -0.454 e. The molecule has 0 bridgehead atoms. The van der Waals surface area contributed by atoms with Crippen molar-refractivity contribution in [2.75, 3.05) is 11.4 Å². The number of para-hydroxylation sites is 3. The molecule has 0 amide bonds. The van der Waals surface area contributed by atoms with E-state index in [1.807, 2.05) is 48.5 Å². The molecule has 0 aromatic heterocycles. The molecule has 1 aliphatic heterocycles. The largest absolute Gasteiger partial charge is 0.454 e. The number of hydrogen-bond donors (Lipinski definition) is 1. The number of hydrogen-bond acceptors (Lipinski definition) is 4. The average Bonchev–Trinajstić information content (AvgIpc) is 3.02. The molecule has 4 nitrogen and oxygen atoms in total. The Bertz CT molecular complexity index is 1200. The highest BCUT2D eigenvalue weighted by Gasteiger charge is 2.23. The van der Waals surface area contributed by atoms with Crippen LogP contribution >= 0.6 is 0 Å². The van der Waals surface area contributed by atoms with Crippen LogP contribution in [0.5, 0.6) is 11.5 Å². The van der Waals surface area contributed by atoms with Gasteiger partial charge in [0.2, 0.25) is 0 Å². The molecule has 3 aromatic carbocycles. The summed E-state index contributed by atoms with van der Waals surface area (Å²) < 4.78 is 6.13. The fourth-order valence-electron chi connectivity index (χ4n) is 4.00. The molecule has 4 rings (SSSR count). The Morgan fingerprint density at radius 2 is 1.60 bits per heavy atom. The van der Waals surface area contributed by atoms with E-state index in [4.69, 9.17) is 10.00 Å². The van der Waals surface area contributed by atoms with Gasteiger partial charge in [-0.2, -0.15) is 5.26 Å². The van der Waals surface area contributed by atoms with Gasteiger partial charge in [0.25, 0.3) is 0 Å². The number of fused-ring (bicyclic) bond motifs is 2. The molecule has 4 heteroatoms. The van der Waals surface area contributed by atoms with Gasteiger partial charge in [0.1, 0.15) is 5.75 Å². The molecule has 0 radical (unpaired) electrons. The zero-order chi connectivity index (χ0) is 25.0. The van der Waals surface area contributed by atoms with Gasteiger partial charge < -0.3 is 15.0 Å². The maximum absolute atomic E-state index is 8.64. The summed E-state index contributed by atoms with van der Waals surface area (Å²) in [6.45, 7) is 10.3. The van der Waals surface area contributed by atoms with E-state index in [1.165, 1.54) is 17.0 Å². The zero-order valence-electron chi connectivity index (χ0n) is 21.2. The highest BCUT2D eigenvalue weighted by atomic mass is 16.5. The monoisotopic (exact) mass is 465 g/mol. The number of ether oxygens (including phenoxy) is 1. The second kappa shape index (κ2) is 13.1. The molecular formula is C31H35N3O. The summed E-state index contributed by atoms with van der Waals surface area (Å²) in [4.78, 5) is 2.32. The number of nitrogens with zero attached hydrogens (tertiary/aromatic N) is 2. The molecule has 0 saturated heterocycles. The van der Waals surface area contributed by atoms with E-state index < -0.39 is 0 Å². The van der Waals surface area contributed by atoms with Crippen molar-refractivity contribution in [3.63, 3.8) is 0 Å². The summed E-state index contributed by atoms with van der Waals surface area (Å²) in [5, 5.41) is 12.0. The van der Waals surface area contributed by atoms with Gasteiger partial charge in [0.05, 0.1) is 17.3 Å². The first kappa shape index (κ1) is 25.6. The molecule has 0 spiro atoms. The van der Waals surface area contributed by atoms with Gasteiger partial charge in [-0.25, -0.2) is 0 Å². The van der Waals surface area contributed by atoms with Crippen LogP contribution < -0.4 is 15.0 Å². The quantitative estimate of drug-likeness (QED) is 0.400. The van der Waals surface area contributed by atoms with Gasteiger partial charge in [-0.3, -0.25) is 0 Å². The van der Waals surface area contributed by atoms with E-state index in [2.05, 4.69) is 80.4 Å². The summed E-state index contributed by atoms with van der Waals surface area (Å²) in [5.41, 5.74) is 6.62. The molecule has 0 fully saturated rings. The number of rotatable bonds is 6. The minimum absolute atomic E-state index is 0.708. The summed E-state index contributed by atoms with van der Waals surface area (Å²) in [7, 11) is 0. The molecule has 1 aliphatic rings. The van der Waals surface area contributed by atoms with Gasteiger partial charge in [-0.05, 0) is 68.7 Å². The highest BCUT2D eigenvalue weighted by molar-refractivity contribution is 5.86. The topological polar surface area (TPSA) is 48.3 Å². The van der Waals surface area contributed by atoms with E-state index in [0.717, 1.165) is 48.7 Å². The van der Waals surface area contributed by atoms with Crippen LogP contribution in [0.15, 0.2) is 90.6 Å². The van der Waals surface area contributed by atoms with Gasteiger partial charge in [-0.15, -0.1) is 0 Å². The van der Waals surface area contributed by atoms with Crippen LogP contribution in [0.1, 0.15) is 57.2 Å². The number of allylic oxidation sites excluding steroid dienone is 3. The predicted molar refractivity (Wildman–Crippen MR) is 146 cm³/mol. The summed E-state index contributed by atoms with van der Waals surface area (Å²) in [6.07, 6.45) is 6.48. The zero-order valence-corrected chi connectivity index (χ0v) is 21.2. The second-order valence-corrected chi connectivity index (χ2v) is 8.27. The van der Waals surface area contributed by atoms with E-state index in [1.54, 1.807) is 0 Å². The van der Waals surface area contributed by atoms with E-state index in [-0.39, 0.29) is 0 Å². The number of nitrogens with one attached hydrogen (secondary N) is 1. The van der Waals surface area contributed by atoms with Crippen molar-refractivity contribution >= 4 is 11.4 Å². The summed E-state index contributed by atoms with van der Waals surface area (Å²) in [6, 6.07) is 26.2. The van der Waals surface area contributed by atoms with Crippen LogP contribution in [0.2, 0.25) is 0 Å². The van der Waals surface area contributed by atoms with Crippen molar-refractivity contribution in [3.8, 4) is 17.6 Å². The number of benzene rings is 3. The van der Waals surface area contributed by atoms with Crippen molar-refractivity contribution in [1.82, 2.24) is 5.32 Å². The van der Waals surface area contributed by atoms with Gasteiger partial charge in [-0.1, -0.05) is 62.4 Å². The average molecular weight is 466 g/mol. The SMILES string of the molecule is CC/C=C(\C)NCc1ccc(C#N)cc1.CC/C=C1/c2ccccc2Oc2ccccc2N1CC. The normalized spacial score (nSPS) is 13.4. The third-order valence-electron chi connectivity index (χ3n) is 5.71. The van der Waals surface area contributed by atoms with Crippen molar-refractivity contribution in [1.29, 1.82) is 5.26 Å². The van der Waals surface area contributed by atoms with Crippen LogP contribution in [-0.2, 0) is 6.54 Å². The molecule has 1 heterocycles. The van der Waals surface area contributed by atoms with Crippen LogP contribution in [0.3, 0.4) is 0 Å². The number of anilines is 1. The molecule has 0 unspecified atom stereocenters. The lowest BCUT2D eigenvalue weighted by molar-refractivity contribution is 0.485. The number of nitriles is 1. The Hall–Kier alpha value is -3.97. The third-order valence-corrected chi connectivity index (χ3v) is 5.71. The Kier molecular flexibility index (Phi) is 9.57. The van der Waals surface area contributed by atoms with Crippen molar-refractivity contribution in [3.05, 3.63) is 107 Å². The Labute approximate surface area is 210 Å². The lowest BCUT2D eigenvalue weighted by atomic mass is 10.1. The summed E-state index contributed by atoms with van der Waals surface area (Å²) >= 11 is 0. The molecule has 3 aromatic rings. The molecule has 1 N–H and O–H groups in total. The lowest BCUT2D eigenvalue weighted by Gasteiger charge is -2.25. The summed E-state index contributed by atoms with van der Waals surface area (Å²) in [5.74, 6) is 1.84. The van der Waals surface area contributed by atoms with Crippen molar-refractivity contribution < 1.29 is 4.74 Å². The first-order valence-electron chi connectivity index (χ1n) is 12.3. The van der Waals surface area contributed by atoms with Crippen LogP contribution in [0.4, 0.5) is 5.69 Å². The Balaban J connectivity index is 0.000000205. The molecule has 180 valence electrons. The lowest BCUT2D eigenvalue weighted by Crippen LogP contribution is -2.20.